The third-order valence-electron chi connectivity index (χ3n) is 4.67. The first kappa shape index (κ1) is 19.2. The van der Waals surface area contributed by atoms with Crippen LogP contribution in [0.3, 0.4) is 0 Å². The SMILES string of the molecule is COC(=O)c1cc(F)cc2c1c(=O)c(-c1ncnn1C)c(-c1ccc(F)cc1)n2O. The Morgan fingerprint density at radius 1 is 1.13 bits per heavy atom. The monoisotopic (exact) mass is 412 g/mol. The van der Waals surface area contributed by atoms with Gasteiger partial charge in [0.2, 0.25) is 5.43 Å². The number of aromatic nitrogens is 4. The molecular weight excluding hydrogens is 398 g/mol. The second-order valence-corrected chi connectivity index (χ2v) is 6.42. The van der Waals surface area contributed by atoms with Crippen molar-refractivity contribution in [1.82, 2.24) is 19.5 Å². The molecule has 0 saturated heterocycles. The predicted octanol–water partition coefficient (Wildman–Crippen LogP) is 2.77. The van der Waals surface area contributed by atoms with Crippen LogP contribution in [0.5, 0.6) is 0 Å². The van der Waals surface area contributed by atoms with Gasteiger partial charge in [0, 0.05) is 18.7 Å². The predicted molar refractivity (Wildman–Crippen MR) is 102 cm³/mol. The summed E-state index contributed by atoms with van der Waals surface area (Å²) in [6, 6.07) is 6.77. The van der Waals surface area contributed by atoms with E-state index in [1.54, 1.807) is 0 Å². The molecule has 0 aliphatic rings. The third kappa shape index (κ3) is 2.89. The Balaban J connectivity index is 2.24. The van der Waals surface area contributed by atoms with Gasteiger partial charge in [-0.25, -0.2) is 23.2 Å². The van der Waals surface area contributed by atoms with Crippen molar-refractivity contribution in [2.45, 2.75) is 0 Å². The van der Waals surface area contributed by atoms with Gasteiger partial charge in [0.1, 0.15) is 23.7 Å². The average molecular weight is 412 g/mol. The lowest BCUT2D eigenvalue weighted by Gasteiger charge is -2.17. The second-order valence-electron chi connectivity index (χ2n) is 6.42. The van der Waals surface area contributed by atoms with E-state index in [1.165, 1.54) is 30.2 Å². The molecule has 4 aromatic rings. The van der Waals surface area contributed by atoms with Gasteiger partial charge in [-0.1, -0.05) is 0 Å². The number of benzene rings is 2. The van der Waals surface area contributed by atoms with Crippen molar-refractivity contribution in [1.29, 1.82) is 0 Å². The molecule has 0 aliphatic heterocycles. The van der Waals surface area contributed by atoms with Crippen molar-refractivity contribution in [2.75, 3.05) is 7.11 Å². The summed E-state index contributed by atoms with van der Waals surface area (Å²) >= 11 is 0. The second kappa shape index (κ2) is 7.07. The van der Waals surface area contributed by atoms with Crippen LogP contribution < -0.4 is 5.43 Å². The van der Waals surface area contributed by atoms with Gasteiger partial charge in [0.25, 0.3) is 0 Å². The van der Waals surface area contributed by atoms with Crippen molar-refractivity contribution in [2.24, 2.45) is 7.05 Å². The maximum Gasteiger partial charge on any atom is 0.338 e. The highest BCUT2D eigenvalue weighted by Gasteiger charge is 2.27. The number of methoxy groups -OCH3 is 1. The Bertz CT molecular complexity index is 1360. The van der Waals surface area contributed by atoms with E-state index in [9.17, 15) is 23.6 Å². The molecule has 0 atom stereocenters. The minimum Gasteiger partial charge on any atom is -0.465 e. The van der Waals surface area contributed by atoms with Crippen LogP contribution in [0.1, 0.15) is 10.4 Å². The lowest BCUT2D eigenvalue weighted by atomic mass is 9.99. The largest absolute Gasteiger partial charge is 0.465 e. The maximum atomic E-state index is 14.2. The summed E-state index contributed by atoms with van der Waals surface area (Å²) in [7, 11) is 2.63. The molecule has 1 N–H and O–H groups in total. The zero-order valence-electron chi connectivity index (χ0n) is 15.8. The van der Waals surface area contributed by atoms with Gasteiger partial charge in [0.05, 0.1) is 29.1 Å². The summed E-state index contributed by atoms with van der Waals surface area (Å²) in [6.07, 6.45) is 1.21. The number of rotatable bonds is 3. The van der Waals surface area contributed by atoms with Crippen LogP contribution in [0.25, 0.3) is 33.5 Å². The van der Waals surface area contributed by atoms with Crippen molar-refractivity contribution in [3.63, 3.8) is 0 Å². The van der Waals surface area contributed by atoms with Gasteiger partial charge in [0.15, 0.2) is 5.82 Å². The number of hydrogen-bond donors (Lipinski definition) is 1. The Labute approximate surface area is 167 Å². The zero-order chi connectivity index (χ0) is 21.6. The lowest BCUT2D eigenvalue weighted by molar-refractivity contribution is 0.0602. The van der Waals surface area contributed by atoms with E-state index in [0.29, 0.717) is 4.73 Å². The fourth-order valence-electron chi connectivity index (χ4n) is 3.33. The zero-order valence-corrected chi connectivity index (χ0v) is 15.8. The van der Waals surface area contributed by atoms with Gasteiger partial charge in [-0.2, -0.15) is 9.83 Å². The number of ether oxygens (including phenoxy) is 1. The number of aryl methyl sites for hydroxylation is 1. The number of pyridine rings is 1. The lowest BCUT2D eigenvalue weighted by Crippen LogP contribution is -2.20. The Morgan fingerprint density at radius 3 is 2.43 bits per heavy atom. The van der Waals surface area contributed by atoms with Crippen LogP contribution in [-0.2, 0) is 11.8 Å². The van der Waals surface area contributed by atoms with Crippen LogP contribution in [0.15, 0.2) is 47.5 Å². The summed E-state index contributed by atoms with van der Waals surface area (Å²) in [5.74, 6) is -2.24. The highest BCUT2D eigenvalue weighted by molar-refractivity contribution is 6.05. The van der Waals surface area contributed by atoms with Crippen molar-refractivity contribution in [3.05, 3.63) is 70.1 Å². The topological polar surface area (TPSA) is 99.2 Å². The quantitative estimate of drug-likeness (QED) is 0.410. The summed E-state index contributed by atoms with van der Waals surface area (Å²) < 4.78 is 34.2. The first-order chi connectivity index (χ1) is 14.3. The Kier molecular flexibility index (Phi) is 4.53. The molecule has 0 unspecified atom stereocenters. The summed E-state index contributed by atoms with van der Waals surface area (Å²) in [5, 5.41) is 14.7. The average Bonchev–Trinajstić information content (AvgIpc) is 3.15. The fraction of sp³-hybridized carbons (Fsp3) is 0.100. The molecule has 0 spiro atoms. The van der Waals surface area contributed by atoms with Gasteiger partial charge in [-0.15, -0.1) is 0 Å². The van der Waals surface area contributed by atoms with Crippen molar-refractivity contribution >= 4 is 16.9 Å². The number of esters is 1. The maximum absolute atomic E-state index is 14.2. The molecule has 152 valence electrons. The smallest absolute Gasteiger partial charge is 0.338 e. The molecule has 30 heavy (non-hydrogen) atoms. The van der Waals surface area contributed by atoms with Gasteiger partial charge in [-0.3, -0.25) is 4.79 Å². The van der Waals surface area contributed by atoms with E-state index < -0.39 is 23.0 Å². The molecule has 0 bridgehead atoms. The van der Waals surface area contributed by atoms with Gasteiger partial charge < -0.3 is 9.94 Å². The van der Waals surface area contributed by atoms with Gasteiger partial charge in [-0.05, 0) is 30.3 Å². The highest BCUT2D eigenvalue weighted by atomic mass is 19.1. The molecule has 2 aromatic heterocycles. The first-order valence-corrected chi connectivity index (χ1v) is 8.63. The molecule has 0 amide bonds. The fourth-order valence-corrected chi connectivity index (χ4v) is 3.33. The molecule has 4 rings (SSSR count). The number of nitrogens with zero attached hydrogens (tertiary/aromatic N) is 4. The summed E-state index contributed by atoms with van der Waals surface area (Å²) in [6.45, 7) is 0. The van der Waals surface area contributed by atoms with Crippen LogP contribution >= 0.6 is 0 Å². The van der Waals surface area contributed by atoms with Crippen molar-refractivity contribution in [3.8, 4) is 22.6 Å². The molecule has 0 saturated carbocycles. The Hall–Kier alpha value is -4.08. The summed E-state index contributed by atoms with van der Waals surface area (Å²) in [5.41, 5.74) is -1.22. The highest BCUT2D eigenvalue weighted by Crippen LogP contribution is 2.32. The number of carbonyl (C=O) groups is 1. The third-order valence-corrected chi connectivity index (χ3v) is 4.67. The minimum absolute atomic E-state index is 0.0648. The number of fused-ring (bicyclic) bond motifs is 1. The molecule has 0 fully saturated rings. The minimum atomic E-state index is -0.949. The first-order valence-electron chi connectivity index (χ1n) is 8.63. The number of hydrogen-bond acceptors (Lipinski definition) is 6. The van der Waals surface area contributed by atoms with E-state index in [2.05, 4.69) is 14.8 Å². The van der Waals surface area contributed by atoms with E-state index in [0.717, 1.165) is 31.4 Å². The van der Waals surface area contributed by atoms with E-state index in [1.807, 2.05) is 0 Å². The normalized spacial score (nSPS) is 11.1. The molecule has 10 heteroatoms. The van der Waals surface area contributed by atoms with Crippen LogP contribution in [0.2, 0.25) is 0 Å². The molecule has 0 aliphatic carbocycles. The van der Waals surface area contributed by atoms with E-state index in [-0.39, 0.29) is 39.1 Å². The number of carbonyl (C=O) groups excluding carboxylic acids is 1. The molecule has 2 aromatic carbocycles. The molecule has 8 nitrogen and oxygen atoms in total. The van der Waals surface area contributed by atoms with Crippen LogP contribution in [-0.4, -0.2) is 37.8 Å². The van der Waals surface area contributed by atoms with Gasteiger partial charge >= 0.3 is 5.97 Å². The van der Waals surface area contributed by atoms with Crippen LogP contribution in [0, 0.1) is 11.6 Å². The molecule has 0 radical (unpaired) electrons. The van der Waals surface area contributed by atoms with Crippen molar-refractivity contribution < 1.29 is 23.5 Å². The molecular formula is C20H14F2N4O4. The summed E-state index contributed by atoms with van der Waals surface area (Å²) in [4.78, 5) is 29.8. The number of halogens is 2. The van der Waals surface area contributed by atoms with E-state index >= 15 is 0 Å². The molecule has 2 heterocycles. The Morgan fingerprint density at radius 2 is 1.83 bits per heavy atom. The van der Waals surface area contributed by atoms with E-state index in [4.69, 9.17) is 0 Å². The van der Waals surface area contributed by atoms with Crippen LogP contribution in [0.4, 0.5) is 8.78 Å². The standard InChI is InChI=1S/C20H14F2N4O4/c1-25-19(23-9-24-25)16-17(10-3-5-11(21)6-4-10)26(29)14-8-12(22)7-13(20(28)30-2)15(14)18(16)27/h3-9,29H,1-2H3.